The highest BCUT2D eigenvalue weighted by Crippen LogP contribution is 2.14. The van der Waals surface area contributed by atoms with Gasteiger partial charge in [-0.1, -0.05) is 16.8 Å². The highest BCUT2D eigenvalue weighted by molar-refractivity contribution is 6.30. The number of carbonyl (C=O) groups excluding carboxylic acids is 1. The van der Waals surface area contributed by atoms with Crippen molar-refractivity contribution < 1.29 is 14.4 Å². The predicted molar refractivity (Wildman–Crippen MR) is 66.4 cm³/mol. The molecule has 18 heavy (non-hydrogen) atoms. The van der Waals surface area contributed by atoms with Crippen molar-refractivity contribution in [1.29, 1.82) is 0 Å². The van der Waals surface area contributed by atoms with Crippen LogP contribution in [0.25, 0.3) is 0 Å². The van der Waals surface area contributed by atoms with Crippen LogP contribution >= 0.6 is 11.6 Å². The second-order valence-electron chi connectivity index (χ2n) is 3.57. The van der Waals surface area contributed by atoms with E-state index in [1.807, 2.05) is 0 Å². The second-order valence-corrected chi connectivity index (χ2v) is 4.01. The van der Waals surface area contributed by atoms with Gasteiger partial charge in [-0.05, 0) is 24.6 Å². The molecule has 0 unspecified atom stereocenters. The minimum Gasteiger partial charge on any atom is -0.409 e. The second kappa shape index (κ2) is 6.80. The summed E-state index contributed by atoms with van der Waals surface area (Å²) < 4.78 is 13.3. The van der Waals surface area contributed by atoms with E-state index in [0.29, 0.717) is 24.4 Å². The van der Waals surface area contributed by atoms with Gasteiger partial charge in [0.15, 0.2) is 0 Å². The lowest BCUT2D eigenvalue weighted by Crippen LogP contribution is -2.26. The molecule has 0 heterocycles. The van der Waals surface area contributed by atoms with Gasteiger partial charge in [0.1, 0.15) is 11.7 Å². The number of hydrogen-bond acceptors (Lipinski definition) is 3. The van der Waals surface area contributed by atoms with Crippen LogP contribution < -0.4 is 11.1 Å². The van der Waals surface area contributed by atoms with E-state index in [1.54, 1.807) is 0 Å². The van der Waals surface area contributed by atoms with Gasteiger partial charge >= 0.3 is 0 Å². The maximum atomic E-state index is 13.3. The minimum atomic E-state index is -0.631. The summed E-state index contributed by atoms with van der Waals surface area (Å²) in [5.41, 5.74) is 5.15. The fraction of sp³-hybridized carbons (Fsp3) is 0.273. The van der Waals surface area contributed by atoms with Crippen molar-refractivity contribution in [2.24, 2.45) is 10.9 Å². The molecule has 1 rings (SSSR count). The van der Waals surface area contributed by atoms with E-state index in [2.05, 4.69) is 10.5 Å². The Hall–Kier alpha value is -1.82. The number of nitrogens with two attached hydrogens (primary N) is 1. The van der Waals surface area contributed by atoms with Gasteiger partial charge in [-0.3, -0.25) is 4.79 Å². The maximum Gasteiger partial charge on any atom is 0.254 e. The Morgan fingerprint density at radius 2 is 2.28 bits per heavy atom. The van der Waals surface area contributed by atoms with Crippen LogP contribution in [0.4, 0.5) is 4.39 Å². The van der Waals surface area contributed by atoms with Gasteiger partial charge in [-0.25, -0.2) is 4.39 Å². The van der Waals surface area contributed by atoms with E-state index in [1.165, 1.54) is 12.1 Å². The van der Waals surface area contributed by atoms with E-state index in [0.717, 1.165) is 6.07 Å². The topological polar surface area (TPSA) is 87.7 Å². The van der Waals surface area contributed by atoms with Crippen LogP contribution in [-0.4, -0.2) is 23.5 Å². The Labute approximate surface area is 108 Å². The summed E-state index contributed by atoms with van der Waals surface area (Å²) in [6.45, 7) is 0.293. The fourth-order valence-corrected chi connectivity index (χ4v) is 1.46. The van der Waals surface area contributed by atoms with Crippen molar-refractivity contribution in [2.45, 2.75) is 12.8 Å². The van der Waals surface area contributed by atoms with Crippen LogP contribution in [0.1, 0.15) is 23.2 Å². The van der Waals surface area contributed by atoms with Gasteiger partial charge in [0.2, 0.25) is 0 Å². The molecule has 98 valence electrons. The van der Waals surface area contributed by atoms with Crippen LogP contribution in [-0.2, 0) is 0 Å². The average molecular weight is 274 g/mol. The first-order chi connectivity index (χ1) is 8.54. The number of amidine groups is 1. The van der Waals surface area contributed by atoms with E-state index in [-0.39, 0.29) is 11.4 Å². The lowest BCUT2D eigenvalue weighted by atomic mass is 10.2. The van der Waals surface area contributed by atoms with E-state index < -0.39 is 11.7 Å². The number of benzene rings is 1. The minimum absolute atomic E-state index is 0.0817. The molecule has 4 N–H and O–H groups in total. The van der Waals surface area contributed by atoms with E-state index in [9.17, 15) is 9.18 Å². The van der Waals surface area contributed by atoms with Crippen molar-refractivity contribution in [3.05, 3.63) is 34.6 Å². The van der Waals surface area contributed by atoms with Crippen LogP contribution in [0, 0.1) is 5.82 Å². The van der Waals surface area contributed by atoms with Gasteiger partial charge < -0.3 is 16.3 Å². The Balaban J connectivity index is 2.48. The van der Waals surface area contributed by atoms with Gasteiger partial charge in [-0.15, -0.1) is 0 Å². The summed E-state index contributed by atoms with van der Waals surface area (Å²) in [6, 6.07) is 3.76. The Morgan fingerprint density at radius 1 is 1.56 bits per heavy atom. The average Bonchev–Trinajstić information content (AvgIpc) is 2.36. The molecule has 5 nitrogen and oxygen atoms in total. The summed E-state index contributed by atoms with van der Waals surface area (Å²) in [6.07, 6.45) is 0.832. The standard InChI is InChI=1S/C11H13ClFN3O2/c12-7-3-4-9(13)8(6-7)11(17)15-5-1-2-10(14)16-18/h3-4,6,18H,1-2,5H2,(H2,14,16)(H,15,17). The van der Waals surface area contributed by atoms with Crippen LogP contribution in [0.5, 0.6) is 0 Å². The molecule has 0 atom stereocenters. The van der Waals surface area contributed by atoms with Crippen molar-refractivity contribution in [3.63, 3.8) is 0 Å². The van der Waals surface area contributed by atoms with E-state index in [4.69, 9.17) is 22.5 Å². The molecule has 0 aliphatic heterocycles. The number of oxime groups is 1. The van der Waals surface area contributed by atoms with Crippen molar-refractivity contribution in [2.75, 3.05) is 6.54 Å². The first-order valence-corrected chi connectivity index (χ1v) is 5.62. The third-order valence-corrected chi connectivity index (χ3v) is 2.43. The maximum absolute atomic E-state index is 13.3. The Morgan fingerprint density at radius 3 is 2.94 bits per heavy atom. The number of halogens is 2. The molecular formula is C11H13ClFN3O2. The zero-order valence-electron chi connectivity index (χ0n) is 9.49. The molecular weight excluding hydrogens is 261 g/mol. The molecule has 0 aromatic heterocycles. The summed E-state index contributed by atoms with van der Waals surface area (Å²) in [5, 5.41) is 13.9. The van der Waals surface area contributed by atoms with Gasteiger partial charge in [-0.2, -0.15) is 0 Å². The van der Waals surface area contributed by atoms with Crippen molar-refractivity contribution in [3.8, 4) is 0 Å². The molecule has 1 aromatic carbocycles. The monoisotopic (exact) mass is 273 g/mol. The summed E-state index contributed by atoms with van der Waals surface area (Å²) in [7, 11) is 0. The summed E-state index contributed by atoms with van der Waals surface area (Å²) in [5.74, 6) is -1.10. The van der Waals surface area contributed by atoms with Gasteiger partial charge in [0, 0.05) is 18.0 Å². The molecule has 0 saturated heterocycles. The quantitative estimate of drug-likeness (QED) is 0.251. The molecule has 0 fully saturated rings. The lowest BCUT2D eigenvalue weighted by Gasteiger charge is -2.06. The van der Waals surface area contributed by atoms with E-state index >= 15 is 0 Å². The third-order valence-electron chi connectivity index (χ3n) is 2.20. The molecule has 0 saturated carbocycles. The first kappa shape index (κ1) is 14.2. The SMILES string of the molecule is N/C(CCCNC(=O)c1cc(Cl)ccc1F)=N/O. The van der Waals surface area contributed by atoms with Crippen molar-refractivity contribution >= 4 is 23.3 Å². The normalized spacial score (nSPS) is 11.3. The fourth-order valence-electron chi connectivity index (χ4n) is 1.29. The van der Waals surface area contributed by atoms with Crippen LogP contribution in [0.15, 0.2) is 23.4 Å². The summed E-state index contributed by atoms with van der Waals surface area (Å²) >= 11 is 5.68. The molecule has 0 bridgehead atoms. The van der Waals surface area contributed by atoms with Gasteiger partial charge in [0.05, 0.1) is 5.56 Å². The Bertz CT molecular complexity index is 466. The lowest BCUT2D eigenvalue weighted by molar-refractivity contribution is 0.0949. The molecule has 0 aliphatic carbocycles. The highest BCUT2D eigenvalue weighted by atomic mass is 35.5. The molecule has 1 aromatic rings. The van der Waals surface area contributed by atoms with Gasteiger partial charge in [0.25, 0.3) is 5.91 Å². The highest BCUT2D eigenvalue weighted by Gasteiger charge is 2.11. The molecule has 0 radical (unpaired) electrons. The number of nitrogens with zero attached hydrogens (tertiary/aromatic N) is 1. The predicted octanol–water partition coefficient (Wildman–Crippen LogP) is 1.74. The van der Waals surface area contributed by atoms with Crippen molar-refractivity contribution in [1.82, 2.24) is 5.32 Å². The zero-order chi connectivity index (χ0) is 13.5. The molecule has 0 aliphatic rings. The molecule has 7 heteroatoms. The third kappa shape index (κ3) is 4.21. The largest absolute Gasteiger partial charge is 0.409 e. The smallest absolute Gasteiger partial charge is 0.254 e. The Kier molecular flexibility index (Phi) is 5.38. The van der Waals surface area contributed by atoms with Crippen LogP contribution in [0.3, 0.4) is 0 Å². The number of rotatable bonds is 5. The first-order valence-electron chi connectivity index (χ1n) is 5.24. The number of carbonyl (C=O) groups is 1. The molecule has 0 spiro atoms. The summed E-state index contributed by atoms with van der Waals surface area (Å²) in [4.78, 5) is 11.6. The number of nitrogens with one attached hydrogen (secondary N) is 1. The number of amides is 1. The zero-order valence-corrected chi connectivity index (χ0v) is 10.2. The van der Waals surface area contributed by atoms with Crippen LogP contribution in [0.2, 0.25) is 5.02 Å². The molecule has 1 amide bonds. The number of hydrogen-bond donors (Lipinski definition) is 3.